The van der Waals surface area contributed by atoms with Crippen molar-refractivity contribution >= 4 is 10.9 Å². The van der Waals surface area contributed by atoms with Gasteiger partial charge in [-0.05, 0) is 35.9 Å². The fraction of sp³-hybridized carbons (Fsp3) is 0.467. The Balaban J connectivity index is 1.78. The molecule has 1 fully saturated rings. The van der Waals surface area contributed by atoms with Gasteiger partial charge in [-0.1, -0.05) is 12.1 Å². The molecule has 1 aromatic heterocycles. The summed E-state index contributed by atoms with van der Waals surface area (Å²) < 4.78 is 7.41. The van der Waals surface area contributed by atoms with Gasteiger partial charge in [0.25, 0.3) is 0 Å². The van der Waals surface area contributed by atoms with E-state index in [0.29, 0.717) is 0 Å². The lowest BCUT2D eigenvalue weighted by molar-refractivity contribution is 0.188. The van der Waals surface area contributed by atoms with E-state index >= 15 is 0 Å². The molecular formula is C15H20N2O. The first-order valence-corrected chi connectivity index (χ1v) is 6.67. The molecule has 1 aliphatic rings. The Labute approximate surface area is 108 Å². The summed E-state index contributed by atoms with van der Waals surface area (Å²) in [5.74, 6) is 0. The molecule has 3 heteroatoms. The van der Waals surface area contributed by atoms with Crippen molar-refractivity contribution in [1.82, 2.24) is 9.88 Å². The molecule has 0 amide bonds. The highest BCUT2D eigenvalue weighted by Crippen LogP contribution is 2.21. The highest BCUT2D eigenvalue weighted by molar-refractivity contribution is 5.80. The SMILES string of the molecule is COCCn1ccc2ccc(CNC3CC3)cc21. The summed E-state index contributed by atoms with van der Waals surface area (Å²) in [6.45, 7) is 2.66. The quantitative estimate of drug-likeness (QED) is 0.845. The topological polar surface area (TPSA) is 26.2 Å². The molecule has 0 spiro atoms. The molecule has 1 aliphatic carbocycles. The first-order chi connectivity index (χ1) is 8.86. The van der Waals surface area contributed by atoms with E-state index in [2.05, 4.69) is 40.3 Å². The minimum absolute atomic E-state index is 0.758. The molecule has 18 heavy (non-hydrogen) atoms. The molecule has 1 aromatic carbocycles. The van der Waals surface area contributed by atoms with Crippen LogP contribution in [0.25, 0.3) is 10.9 Å². The number of ether oxygens (including phenoxy) is 1. The zero-order valence-corrected chi connectivity index (χ0v) is 10.9. The molecule has 2 aromatic rings. The highest BCUT2D eigenvalue weighted by Gasteiger charge is 2.19. The van der Waals surface area contributed by atoms with Crippen molar-refractivity contribution in [1.29, 1.82) is 0 Å². The number of aromatic nitrogens is 1. The lowest BCUT2D eigenvalue weighted by Crippen LogP contribution is -2.15. The summed E-state index contributed by atoms with van der Waals surface area (Å²) in [5.41, 5.74) is 2.67. The van der Waals surface area contributed by atoms with Crippen molar-refractivity contribution < 1.29 is 4.74 Å². The van der Waals surface area contributed by atoms with Crippen molar-refractivity contribution in [2.45, 2.75) is 32.0 Å². The van der Waals surface area contributed by atoms with Crippen molar-refractivity contribution in [3.8, 4) is 0 Å². The molecule has 1 heterocycles. The first kappa shape index (κ1) is 11.8. The van der Waals surface area contributed by atoms with Crippen molar-refractivity contribution in [3.05, 3.63) is 36.0 Å². The van der Waals surface area contributed by atoms with E-state index < -0.39 is 0 Å². The molecule has 3 rings (SSSR count). The Morgan fingerprint density at radius 2 is 2.22 bits per heavy atom. The van der Waals surface area contributed by atoms with E-state index in [-0.39, 0.29) is 0 Å². The van der Waals surface area contributed by atoms with Crippen LogP contribution < -0.4 is 5.32 Å². The Kier molecular flexibility index (Phi) is 3.35. The maximum Gasteiger partial charge on any atom is 0.0641 e. The zero-order chi connectivity index (χ0) is 12.4. The number of nitrogens with zero attached hydrogens (tertiary/aromatic N) is 1. The van der Waals surface area contributed by atoms with Gasteiger partial charge in [0, 0.05) is 38.0 Å². The fourth-order valence-electron chi connectivity index (χ4n) is 2.27. The van der Waals surface area contributed by atoms with Gasteiger partial charge in [-0.15, -0.1) is 0 Å². The van der Waals surface area contributed by atoms with E-state index in [0.717, 1.165) is 25.7 Å². The van der Waals surface area contributed by atoms with Crippen LogP contribution in [-0.2, 0) is 17.8 Å². The van der Waals surface area contributed by atoms with Crippen LogP contribution in [-0.4, -0.2) is 24.3 Å². The number of fused-ring (bicyclic) bond motifs is 1. The molecule has 0 bridgehead atoms. The van der Waals surface area contributed by atoms with Crippen LogP contribution >= 0.6 is 0 Å². The Hall–Kier alpha value is -1.32. The first-order valence-electron chi connectivity index (χ1n) is 6.67. The van der Waals surface area contributed by atoms with Crippen LogP contribution in [0.2, 0.25) is 0 Å². The van der Waals surface area contributed by atoms with Gasteiger partial charge in [0.15, 0.2) is 0 Å². The second-order valence-electron chi connectivity index (χ2n) is 5.05. The highest BCUT2D eigenvalue weighted by atomic mass is 16.5. The number of benzene rings is 1. The van der Waals surface area contributed by atoms with Gasteiger partial charge in [-0.2, -0.15) is 0 Å². The normalized spacial score (nSPS) is 15.4. The van der Waals surface area contributed by atoms with E-state index in [4.69, 9.17) is 4.74 Å². The van der Waals surface area contributed by atoms with Crippen LogP contribution in [0.4, 0.5) is 0 Å². The zero-order valence-electron chi connectivity index (χ0n) is 10.9. The number of methoxy groups -OCH3 is 1. The molecule has 0 unspecified atom stereocenters. The molecule has 0 aliphatic heterocycles. The summed E-state index contributed by atoms with van der Waals surface area (Å²) >= 11 is 0. The third-order valence-corrected chi connectivity index (χ3v) is 3.55. The maximum absolute atomic E-state index is 5.15. The van der Waals surface area contributed by atoms with Crippen molar-refractivity contribution in [3.63, 3.8) is 0 Å². The van der Waals surface area contributed by atoms with Crippen molar-refractivity contribution in [2.75, 3.05) is 13.7 Å². The Bertz CT molecular complexity index is 528. The van der Waals surface area contributed by atoms with Crippen LogP contribution in [0.1, 0.15) is 18.4 Å². The fourth-order valence-corrected chi connectivity index (χ4v) is 2.27. The molecular weight excluding hydrogens is 224 g/mol. The Morgan fingerprint density at radius 1 is 1.33 bits per heavy atom. The second kappa shape index (κ2) is 5.12. The number of hydrogen-bond donors (Lipinski definition) is 1. The van der Waals surface area contributed by atoms with E-state index in [1.165, 1.54) is 29.3 Å². The largest absolute Gasteiger partial charge is 0.383 e. The average Bonchev–Trinajstić information content (AvgIpc) is 3.14. The summed E-state index contributed by atoms with van der Waals surface area (Å²) in [4.78, 5) is 0. The summed E-state index contributed by atoms with van der Waals surface area (Å²) in [6.07, 6.45) is 4.82. The Morgan fingerprint density at radius 3 is 3.00 bits per heavy atom. The van der Waals surface area contributed by atoms with Gasteiger partial charge < -0.3 is 14.6 Å². The maximum atomic E-state index is 5.15. The second-order valence-corrected chi connectivity index (χ2v) is 5.05. The smallest absolute Gasteiger partial charge is 0.0641 e. The predicted molar refractivity (Wildman–Crippen MR) is 73.7 cm³/mol. The number of rotatable bonds is 6. The predicted octanol–water partition coefficient (Wildman–Crippen LogP) is 2.54. The van der Waals surface area contributed by atoms with Crippen LogP contribution in [0.15, 0.2) is 30.5 Å². The summed E-state index contributed by atoms with van der Waals surface area (Å²) in [7, 11) is 1.75. The molecule has 1 saturated carbocycles. The van der Waals surface area contributed by atoms with Gasteiger partial charge in [-0.25, -0.2) is 0 Å². The number of nitrogens with one attached hydrogen (secondary N) is 1. The molecule has 0 atom stereocenters. The average molecular weight is 244 g/mol. The third kappa shape index (κ3) is 2.57. The van der Waals surface area contributed by atoms with Crippen LogP contribution in [0, 0.1) is 0 Å². The minimum Gasteiger partial charge on any atom is -0.383 e. The van der Waals surface area contributed by atoms with E-state index in [1.807, 2.05) is 0 Å². The third-order valence-electron chi connectivity index (χ3n) is 3.55. The monoisotopic (exact) mass is 244 g/mol. The molecule has 96 valence electrons. The van der Waals surface area contributed by atoms with Gasteiger partial charge in [0.05, 0.1) is 6.61 Å². The molecule has 1 N–H and O–H groups in total. The minimum atomic E-state index is 0.758. The lowest BCUT2D eigenvalue weighted by Gasteiger charge is -2.07. The van der Waals surface area contributed by atoms with E-state index in [9.17, 15) is 0 Å². The lowest BCUT2D eigenvalue weighted by atomic mass is 10.1. The summed E-state index contributed by atoms with van der Waals surface area (Å²) in [5, 5.41) is 4.87. The van der Waals surface area contributed by atoms with Gasteiger partial charge in [0.1, 0.15) is 0 Å². The van der Waals surface area contributed by atoms with Crippen molar-refractivity contribution in [2.24, 2.45) is 0 Å². The standard InChI is InChI=1S/C15H20N2O/c1-18-9-8-17-7-6-13-3-2-12(10-15(13)17)11-16-14-4-5-14/h2-3,6-7,10,14,16H,4-5,8-9,11H2,1H3. The molecule has 0 saturated heterocycles. The van der Waals surface area contributed by atoms with Gasteiger partial charge in [-0.3, -0.25) is 0 Å². The van der Waals surface area contributed by atoms with Crippen LogP contribution in [0.3, 0.4) is 0 Å². The molecule has 3 nitrogen and oxygen atoms in total. The number of hydrogen-bond acceptors (Lipinski definition) is 2. The van der Waals surface area contributed by atoms with Crippen LogP contribution in [0.5, 0.6) is 0 Å². The molecule has 0 radical (unpaired) electrons. The summed E-state index contributed by atoms with van der Waals surface area (Å²) in [6, 6.07) is 9.66. The van der Waals surface area contributed by atoms with Gasteiger partial charge >= 0.3 is 0 Å². The van der Waals surface area contributed by atoms with E-state index in [1.54, 1.807) is 7.11 Å². The van der Waals surface area contributed by atoms with Gasteiger partial charge in [0.2, 0.25) is 0 Å².